The molecule has 0 aromatic carbocycles. The number of hydrogen-bond donors (Lipinski definition) is 3. The van der Waals surface area contributed by atoms with E-state index in [4.69, 9.17) is 0 Å². The van der Waals surface area contributed by atoms with Crippen LogP contribution in [0, 0.1) is 13.8 Å². The molecule has 114 valence electrons. The number of aromatic amines is 1. The number of aryl methyl sites for hydroxylation is 1. The highest BCUT2D eigenvalue weighted by atomic mass is 16.2. The van der Waals surface area contributed by atoms with Crippen LogP contribution in [0.5, 0.6) is 0 Å². The van der Waals surface area contributed by atoms with Gasteiger partial charge in [-0.05, 0) is 27.2 Å². The Hall–Kier alpha value is -2.38. The van der Waals surface area contributed by atoms with E-state index >= 15 is 0 Å². The molecule has 1 aromatic rings. The van der Waals surface area contributed by atoms with Crippen molar-refractivity contribution in [2.24, 2.45) is 0 Å². The van der Waals surface area contributed by atoms with Crippen molar-refractivity contribution in [2.45, 2.75) is 39.7 Å². The lowest BCUT2D eigenvalue weighted by Crippen LogP contribution is -2.44. The minimum atomic E-state index is -0.934. The van der Waals surface area contributed by atoms with Gasteiger partial charge in [0.05, 0.1) is 0 Å². The number of carbonyl (C=O) groups is 3. The van der Waals surface area contributed by atoms with E-state index in [1.165, 1.54) is 0 Å². The van der Waals surface area contributed by atoms with Gasteiger partial charge in [-0.2, -0.15) is 5.10 Å². The van der Waals surface area contributed by atoms with Crippen LogP contribution in [-0.2, 0) is 9.59 Å². The van der Waals surface area contributed by atoms with E-state index in [1.54, 1.807) is 13.8 Å². The molecule has 21 heavy (non-hydrogen) atoms. The van der Waals surface area contributed by atoms with Crippen molar-refractivity contribution in [3.63, 3.8) is 0 Å². The highest BCUT2D eigenvalue weighted by Gasteiger charge is 2.46. The van der Waals surface area contributed by atoms with Gasteiger partial charge < -0.3 is 10.6 Å². The summed E-state index contributed by atoms with van der Waals surface area (Å²) in [6, 6.07) is -0.547. The van der Waals surface area contributed by atoms with E-state index in [0.29, 0.717) is 12.2 Å². The third-order valence-corrected chi connectivity index (χ3v) is 3.86. The molecule has 3 N–H and O–H groups in total. The molecule has 1 aromatic heterocycles. The summed E-state index contributed by atoms with van der Waals surface area (Å²) in [4.78, 5) is 36.9. The molecule has 0 saturated carbocycles. The van der Waals surface area contributed by atoms with E-state index in [-0.39, 0.29) is 12.5 Å². The number of aromatic nitrogens is 2. The van der Waals surface area contributed by atoms with Crippen LogP contribution in [0.1, 0.15) is 31.5 Å². The number of imide groups is 1. The Morgan fingerprint density at radius 3 is 2.52 bits per heavy atom. The minimum absolute atomic E-state index is 0.328. The number of anilines is 1. The first-order valence-electron chi connectivity index (χ1n) is 6.74. The van der Waals surface area contributed by atoms with Gasteiger partial charge in [0.15, 0.2) is 5.82 Å². The van der Waals surface area contributed by atoms with Crippen LogP contribution in [-0.4, -0.2) is 45.0 Å². The third-order valence-electron chi connectivity index (χ3n) is 3.86. The molecule has 2 rings (SSSR count). The Labute approximate surface area is 122 Å². The highest BCUT2D eigenvalue weighted by molar-refractivity contribution is 6.09. The fourth-order valence-corrected chi connectivity index (χ4v) is 2.05. The maximum absolute atomic E-state index is 12.2. The molecule has 8 heteroatoms. The zero-order valence-corrected chi connectivity index (χ0v) is 12.5. The van der Waals surface area contributed by atoms with Gasteiger partial charge in [0.1, 0.15) is 12.1 Å². The Balaban J connectivity index is 2.05. The maximum atomic E-state index is 12.2. The SMILES string of the molecule is CCC1(C)NC(=O)N(CC(=O)Nc2n[nH]c(C)c2C)C1=O. The fraction of sp³-hybridized carbons (Fsp3) is 0.538. The molecule has 1 saturated heterocycles. The van der Waals surface area contributed by atoms with E-state index in [1.807, 2.05) is 13.8 Å². The van der Waals surface area contributed by atoms with Gasteiger partial charge in [0.25, 0.3) is 5.91 Å². The van der Waals surface area contributed by atoms with Crippen LogP contribution in [0.25, 0.3) is 0 Å². The van der Waals surface area contributed by atoms with E-state index in [0.717, 1.165) is 16.2 Å². The molecule has 8 nitrogen and oxygen atoms in total. The van der Waals surface area contributed by atoms with E-state index < -0.39 is 17.5 Å². The van der Waals surface area contributed by atoms with Crippen molar-refractivity contribution in [2.75, 3.05) is 11.9 Å². The molecule has 4 amide bonds. The third kappa shape index (κ3) is 2.61. The van der Waals surface area contributed by atoms with Gasteiger partial charge >= 0.3 is 6.03 Å². The first kappa shape index (κ1) is 15.0. The Bertz CT molecular complexity index is 609. The first-order valence-corrected chi connectivity index (χ1v) is 6.74. The number of nitrogens with zero attached hydrogens (tertiary/aromatic N) is 2. The van der Waals surface area contributed by atoms with E-state index in [2.05, 4.69) is 20.8 Å². The fourth-order valence-electron chi connectivity index (χ4n) is 2.05. The summed E-state index contributed by atoms with van der Waals surface area (Å²) in [6.45, 7) is 6.77. The molecule has 1 atom stereocenters. The Kier molecular flexibility index (Phi) is 3.71. The number of amides is 4. The predicted molar refractivity (Wildman–Crippen MR) is 75.6 cm³/mol. The summed E-state index contributed by atoms with van der Waals surface area (Å²) in [5, 5.41) is 11.9. The smallest absolute Gasteiger partial charge is 0.323 e. The minimum Gasteiger partial charge on any atom is -0.323 e. The second kappa shape index (κ2) is 5.19. The predicted octanol–water partition coefficient (Wildman–Crippen LogP) is 0.686. The van der Waals surface area contributed by atoms with E-state index in [9.17, 15) is 14.4 Å². The lowest BCUT2D eigenvalue weighted by Gasteiger charge is -2.18. The quantitative estimate of drug-likeness (QED) is 0.710. The summed E-state index contributed by atoms with van der Waals surface area (Å²) in [7, 11) is 0. The van der Waals surface area contributed by atoms with Crippen molar-refractivity contribution in [1.82, 2.24) is 20.4 Å². The number of carbonyl (C=O) groups excluding carboxylic acids is 3. The average molecular weight is 293 g/mol. The highest BCUT2D eigenvalue weighted by Crippen LogP contribution is 2.21. The van der Waals surface area contributed by atoms with Gasteiger partial charge in [-0.25, -0.2) is 4.79 Å². The van der Waals surface area contributed by atoms with Gasteiger partial charge in [-0.3, -0.25) is 19.6 Å². The molecule has 0 spiro atoms. The second-order valence-corrected chi connectivity index (χ2v) is 5.38. The maximum Gasteiger partial charge on any atom is 0.325 e. The lowest BCUT2D eigenvalue weighted by atomic mass is 9.99. The zero-order valence-electron chi connectivity index (χ0n) is 12.5. The lowest BCUT2D eigenvalue weighted by molar-refractivity contribution is -0.133. The van der Waals surface area contributed by atoms with Crippen LogP contribution in [0.3, 0.4) is 0 Å². The van der Waals surface area contributed by atoms with Crippen LogP contribution >= 0.6 is 0 Å². The van der Waals surface area contributed by atoms with Gasteiger partial charge in [0.2, 0.25) is 5.91 Å². The molecular formula is C13H19N5O3. The molecule has 0 bridgehead atoms. The number of H-pyrrole nitrogens is 1. The summed E-state index contributed by atoms with van der Waals surface area (Å²) in [5.74, 6) is -0.448. The average Bonchev–Trinajstić information content (AvgIpc) is 2.85. The Morgan fingerprint density at radius 1 is 1.38 bits per heavy atom. The molecule has 0 radical (unpaired) electrons. The van der Waals surface area contributed by atoms with Gasteiger partial charge in [0, 0.05) is 11.3 Å². The van der Waals surface area contributed by atoms with Crippen molar-refractivity contribution in [3.8, 4) is 0 Å². The zero-order chi connectivity index (χ0) is 15.8. The summed E-state index contributed by atoms with van der Waals surface area (Å²) in [6.07, 6.45) is 0.466. The Morgan fingerprint density at radius 2 is 2.05 bits per heavy atom. The molecule has 0 aliphatic carbocycles. The molecule has 2 heterocycles. The summed E-state index contributed by atoms with van der Waals surface area (Å²) in [5.41, 5.74) is 0.730. The number of urea groups is 1. The van der Waals surface area contributed by atoms with Crippen molar-refractivity contribution in [3.05, 3.63) is 11.3 Å². The van der Waals surface area contributed by atoms with Gasteiger partial charge in [-0.1, -0.05) is 6.92 Å². The first-order chi connectivity index (χ1) is 9.78. The van der Waals surface area contributed by atoms with Crippen LogP contribution in [0.2, 0.25) is 0 Å². The van der Waals surface area contributed by atoms with Gasteiger partial charge in [-0.15, -0.1) is 0 Å². The number of nitrogens with one attached hydrogen (secondary N) is 3. The topological polar surface area (TPSA) is 107 Å². The van der Waals surface area contributed by atoms with Crippen molar-refractivity contribution >= 4 is 23.7 Å². The standard InChI is InChI=1S/C13H19N5O3/c1-5-13(4)11(20)18(12(21)15-13)6-9(19)14-10-7(2)8(3)16-17-10/h5-6H2,1-4H3,(H,15,21)(H2,14,16,17,19). The number of rotatable bonds is 4. The number of hydrogen-bond acceptors (Lipinski definition) is 4. The van der Waals surface area contributed by atoms with Crippen LogP contribution < -0.4 is 10.6 Å². The normalized spacial score (nSPS) is 21.6. The molecule has 1 fully saturated rings. The van der Waals surface area contributed by atoms with Crippen LogP contribution in [0.4, 0.5) is 10.6 Å². The van der Waals surface area contributed by atoms with Crippen molar-refractivity contribution < 1.29 is 14.4 Å². The molecule has 1 unspecified atom stereocenters. The largest absolute Gasteiger partial charge is 0.325 e. The molecule has 1 aliphatic heterocycles. The monoisotopic (exact) mass is 293 g/mol. The van der Waals surface area contributed by atoms with Crippen molar-refractivity contribution in [1.29, 1.82) is 0 Å². The molecule has 1 aliphatic rings. The molecular weight excluding hydrogens is 274 g/mol. The summed E-state index contributed by atoms with van der Waals surface area (Å²) >= 11 is 0. The summed E-state index contributed by atoms with van der Waals surface area (Å²) < 4.78 is 0. The second-order valence-electron chi connectivity index (χ2n) is 5.38. The van der Waals surface area contributed by atoms with Crippen LogP contribution in [0.15, 0.2) is 0 Å².